The lowest BCUT2D eigenvalue weighted by Crippen LogP contribution is -2.22. The number of amides is 1. The molecular weight excluding hydrogens is 356 g/mol. The van der Waals surface area contributed by atoms with Gasteiger partial charge in [-0.15, -0.1) is 0 Å². The Balaban J connectivity index is 2.43. The van der Waals surface area contributed by atoms with E-state index in [9.17, 15) is 13.2 Å². The first-order chi connectivity index (χ1) is 12.2. The fraction of sp³-hybridized carbons (Fsp3) is 0.500. The van der Waals surface area contributed by atoms with Crippen LogP contribution in [0.1, 0.15) is 45.1 Å². The van der Waals surface area contributed by atoms with E-state index >= 15 is 0 Å². The first-order valence-electron chi connectivity index (χ1n) is 8.53. The molecule has 1 aromatic carbocycles. The van der Waals surface area contributed by atoms with Crippen LogP contribution in [0, 0.1) is 5.92 Å². The zero-order valence-electron chi connectivity index (χ0n) is 15.5. The zero-order chi connectivity index (χ0) is 19.6. The van der Waals surface area contributed by atoms with Gasteiger partial charge in [-0.2, -0.15) is 13.6 Å². The van der Waals surface area contributed by atoms with Gasteiger partial charge in [0.25, 0.3) is 0 Å². The van der Waals surface area contributed by atoms with Crippen molar-refractivity contribution in [2.24, 2.45) is 11.1 Å². The highest BCUT2D eigenvalue weighted by Crippen LogP contribution is 2.28. The van der Waals surface area contributed by atoms with E-state index in [2.05, 4.69) is 35.5 Å². The maximum absolute atomic E-state index is 11.9. The molecule has 1 amide bonds. The van der Waals surface area contributed by atoms with Crippen LogP contribution in [-0.2, 0) is 21.6 Å². The number of hydrogen-bond acceptors (Lipinski definition) is 5. The molecule has 0 radical (unpaired) electrons. The van der Waals surface area contributed by atoms with Gasteiger partial charge in [-0.3, -0.25) is 4.79 Å². The Kier molecular flexibility index (Phi) is 9.15. The van der Waals surface area contributed by atoms with Crippen molar-refractivity contribution >= 4 is 16.2 Å². The Labute approximate surface area is 155 Å². The number of carbonyl (C=O) groups is 1. The lowest BCUT2D eigenvalue weighted by atomic mass is 10.1. The molecule has 26 heavy (non-hydrogen) atoms. The summed E-state index contributed by atoms with van der Waals surface area (Å²) >= 11 is 0. The maximum Gasteiger partial charge on any atom is 0.380 e. The van der Waals surface area contributed by atoms with Gasteiger partial charge in [0.1, 0.15) is 0 Å². The Hall–Kier alpha value is -2.06. The van der Waals surface area contributed by atoms with Gasteiger partial charge in [0.15, 0.2) is 11.5 Å². The molecule has 0 atom stereocenters. The van der Waals surface area contributed by atoms with E-state index in [1.54, 1.807) is 12.1 Å². The van der Waals surface area contributed by atoms with Crippen molar-refractivity contribution in [1.82, 2.24) is 5.32 Å². The van der Waals surface area contributed by atoms with Crippen molar-refractivity contribution in [1.29, 1.82) is 0 Å². The second-order valence-corrected chi connectivity index (χ2v) is 7.41. The summed E-state index contributed by atoms with van der Waals surface area (Å²) in [6.45, 7) is 4.58. The van der Waals surface area contributed by atoms with Crippen molar-refractivity contribution in [3.05, 3.63) is 35.9 Å². The molecular formula is C18H28N2O5S. The monoisotopic (exact) mass is 384 g/mol. The minimum atomic E-state index is -4.12. The fourth-order valence-corrected chi connectivity index (χ4v) is 2.61. The van der Waals surface area contributed by atoms with Gasteiger partial charge in [-0.05, 0) is 42.9 Å². The predicted octanol–water partition coefficient (Wildman–Crippen LogP) is 2.67. The number of hydrogen-bond donors (Lipinski definition) is 2. The topological polar surface area (TPSA) is 108 Å². The summed E-state index contributed by atoms with van der Waals surface area (Å²) in [7, 11) is -2.73. The van der Waals surface area contributed by atoms with Crippen molar-refractivity contribution in [3.8, 4) is 11.5 Å². The van der Waals surface area contributed by atoms with Crippen LogP contribution in [0.4, 0.5) is 0 Å². The zero-order valence-corrected chi connectivity index (χ0v) is 16.3. The molecule has 8 heteroatoms. The molecule has 1 rings (SSSR count). The minimum Gasteiger partial charge on any atom is -0.493 e. The number of carbonyl (C=O) groups excluding carboxylic acids is 1. The van der Waals surface area contributed by atoms with Gasteiger partial charge < -0.3 is 14.2 Å². The SMILES string of the molecule is COc1cc(CNC(=O)CCCC/C=C/C(C)C)ccc1OS(N)(=O)=O. The van der Waals surface area contributed by atoms with E-state index in [1.807, 2.05) is 0 Å². The number of allylic oxidation sites excluding steroid dienone is 2. The van der Waals surface area contributed by atoms with Crippen LogP contribution in [0.3, 0.4) is 0 Å². The molecule has 0 aliphatic rings. The highest BCUT2D eigenvalue weighted by molar-refractivity contribution is 7.84. The quantitative estimate of drug-likeness (QED) is 0.450. The Morgan fingerprint density at radius 2 is 2.00 bits per heavy atom. The molecule has 0 bridgehead atoms. The highest BCUT2D eigenvalue weighted by Gasteiger charge is 2.12. The summed E-state index contributed by atoms with van der Waals surface area (Å²) in [5, 5.41) is 7.68. The summed E-state index contributed by atoms with van der Waals surface area (Å²) in [5.74, 6) is 0.751. The molecule has 0 spiro atoms. The lowest BCUT2D eigenvalue weighted by Gasteiger charge is -2.11. The fourth-order valence-electron chi connectivity index (χ4n) is 2.22. The Morgan fingerprint density at radius 3 is 2.62 bits per heavy atom. The minimum absolute atomic E-state index is 0.000436. The second-order valence-electron chi connectivity index (χ2n) is 6.26. The average molecular weight is 384 g/mol. The molecule has 7 nitrogen and oxygen atoms in total. The average Bonchev–Trinajstić information content (AvgIpc) is 2.55. The first kappa shape index (κ1) is 22.0. The van der Waals surface area contributed by atoms with Gasteiger partial charge in [0.2, 0.25) is 5.91 Å². The summed E-state index contributed by atoms with van der Waals surface area (Å²) in [6.07, 6.45) is 7.58. The van der Waals surface area contributed by atoms with Gasteiger partial charge in [0.05, 0.1) is 7.11 Å². The van der Waals surface area contributed by atoms with Crippen LogP contribution < -0.4 is 19.4 Å². The second kappa shape index (κ2) is 10.8. The van der Waals surface area contributed by atoms with Crippen LogP contribution in [0.5, 0.6) is 11.5 Å². The molecule has 0 saturated carbocycles. The smallest absolute Gasteiger partial charge is 0.380 e. The molecule has 146 valence electrons. The third-order valence-corrected chi connectivity index (χ3v) is 3.88. The van der Waals surface area contributed by atoms with Crippen molar-refractivity contribution in [2.75, 3.05) is 7.11 Å². The van der Waals surface area contributed by atoms with E-state index in [-0.39, 0.29) is 17.4 Å². The molecule has 0 aliphatic heterocycles. The first-order valence-corrected chi connectivity index (χ1v) is 10.0. The summed E-state index contributed by atoms with van der Waals surface area (Å²) < 4.78 is 31.7. The van der Waals surface area contributed by atoms with E-state index in [4.69, 9.17) is 9.88 Å². The Bertz CT molecular complexity index is 714. The third kappa shape index (κ3) is 9.43. The van der Waals surface area contributed by atoms with Gasteiger partial charge >= 0.3 is 10.3 Å². The number of benzene rings is 1. The number of nitrogens with one attached hydrogen (secondary N) is 1. The third-order valence-electron chi connectivity index (χ3n) is 3.47. The molecule has 0 aliphatic carbocycles. The van der Waals surface area contributed by atoms with Gasteiger partial charge in [-0.1, -0.05) is 32.1 Å². The molecule has 0 unspecified atom stereocenters. The maximum atomic E-state index is 11.9. The molecule has 0 fully saturated rings. The van der Waals surface area contributed by atoms with Crippen LogP contribution in [-0.4, -0.2) is 21.4 Å². The number of rotatable bonds is 11. The molecule has 0 saturated heterocycles. The van der Waals surface area contributed by atoms with Crippen molar-refractivity contribution in [3.63, 3.8) is 0 Å². The van der Waals surface area contributed by atoms with Gasteiger partial charge in [-0.25, -0.2) is 0 Å². The van der Waals surface area contributed by atoms with Crippen molar-refractivity contribution in [2.45, 2.75) is 46.1 Å². The van der Waals surface area contributed by atoms with Crippen LogP contribution in [0.2, 0.25) is 0 Å². The molecule has 1 aromatic rings. The van der Waals surface area contributed by atoms with Crippen molar-refractivity contribution < 1.29 is 22.1 Å². The number of methoxy groups -OCH3 is 1. The number of unbranched alkanes of at least 4 members (excludes halogenated alkanes) is 2. The largest absolute Gasteiger partial charge is 0.493 e. The standard InChI is InChI=1S/C18H28N2O5S/c1-14(2)8-6-4-5-7-9-18(21)20-13-15-10-11-16(17(12-15)24-3)25-26(19,22)23/h6,8,10-12,14H,4-5,7,9,13H2,1-3H3,(H,20,21)(H2,19,22,23)/b8-6+. The predicted molar refractivity (Wildman–Crippen MR) is 101 cm³/mol. The normalized spacial score (nSPS) is 11.7. The van der Waals surface area contributed by atoms with Crippen LogP contribution in [0.25, 0.3) is 0 Å². The van der Waals surface area contributed by atoms with E-state index in [0.29, 0.717) is 18.9 Å². The number of ether oxygens (including phenoxy) is 1. The number of nitrogens with two attached hydrogens (primary N) is 1. The highest BCUT2D eigenvalue weighted by atomic mass is 32.2. The Morgan fingerprint density at radius 1 is 1.27 bits per heavy atom. The van der Waals surface area contributed by atoms with Crippen LogP contribution in [0.15, 0.2) is 30.4 Å². The van der Waals surface area contributed by atoms with Crippen LogP contribution >= 0.6 is 0 Å². The molecule has 0 heterocycles. The summed E-state index contributed by atoms with van der Waals surface area (Å²) in [5.41, 5.74) is 0.761. The summed E-state index contributed by atoms with van der Waals surface area (Å²) in [6, 6.07) is 4.67. The van der Waals surface area contributed by atoms with Gasteiger partial charge in [0, 0.05) is 13.0 Å². The molecule has 0 aromatic heterocycles. The molecule has 3 N–H and O–H groups in total. The lowest BCUT2D eigenvalue weighted by molar-refractivity contribution is -0.121. The summed E-state index contributed by atoms with van der Waals surface area (Å²) in [4.78, 5) is 11.9. The van der Waals surface area contributed by atoms with E-state index < -0.39 is 10.3 Å². The van der Waals surface area contributed by atoms with E-state index in [0.717, 1.165) is 24.8 Å². The van der Waals surface area contributed by atoms with E-state index in [1.165, 1.54) is 13.2 Å².